The van der Waals surface area contributed by atoms with Crippen molar-refractivity contribution in [3.63, 3.8) is 0 Å². The zero-order valence-corrected chi connectivity index (χ0v) is 12.5. The largest absolute Gasteiger partial charge is 0.369 e. The van der Waals surface area contributed by atoms with Gasteiger partial charge in [0.2, 0.25) is 0 Å². The van der Waals surface area contributed by atoms with Crippen molar-refractivity contribution in [2.45, 2.75) is 18.1 Å². The number of hydrogen-bond acceptors (Lipinski definition) is 3. The predicted octanol–water partition coefficient (Wildman–Crippen LogP) is 4.34. The van der Waals surface area contributed by atoms with Gasteiger partial charge in [0, 0.05) is 23.0 Å². The molecule has 0 bridgehead atoms. The Balaban J connectivity index is 1.69. The van der Waals surface area contributed by atoms with E-state index < -0.39 is 0 Å². The summed E-state index contributed by atoms with van der Waals surface area (Å²) in [7, 11) is 0. The Morgan fingerprint density at radius 3 is 2.80 bits per heavy atom. The molecule has 0 radical (unpaired) electrons. The lowest BCUT2D eigenvalue weighted by atomic mass is 10.1. The van der Waals surface area contributed by atoms with E-state index in [0.29, 0.717) is 11.5 Å². The molecule has 1 N–H and O–H groups in total. The quantitative estimate of drug-likeness (QED) is 0.843. The maximum atomic E-state index is 6.38. The molecular formula is C16H15ClN2S. The van der Waals surface area contributed by atoms with Gasteiger partial charge in [0.1, 0.15) is 0 Å². The molecule has 0 aliphatic carbocycles. The van der Waals surface area contributed by atoms with Crippen LogP contribution in [0.15, 0.2) is 48.5 Å². The molecule has 2 heterocycles. The van der Waals surface area contributed by atoms with Crippen molar-refractivity contribution in [1.29, 1.82) is 0 Å². The minimum atomic E-state index is 0.342. The molecule has 4 rings (SSSR count). The highest BCUT2D eigenvalue weighted by molar-refractivity contribution is 7.99. The Morgan fingerprint density at radius 1 is 1.10 bits per heavy atom. The van der Waals surface area contributed by atoms with Crippen LogP contribution in [-0.2, 0) is 6.54 Å². The summed E-state index contributed by atoms with van der Waals surface area (Å²) in [6.45, 7) is 0.983. The van der Waals surface area contributed by atoms with Gasteiger partial charge in [0.25, 0.3) is 0 Å². The van der Waals surface area contributed by atoms with E-state index in [-0.39, 0.29) is 0 Å². The van der Waals surface area contributed by atoms with Gasteiger partial charge < -0.3 is 5.32 Å². The molecule has 0 spiro atoms. The minimum Gasteiger partial charge on any atom is -0.369 e. The summed E-state index contributed by atoms with van der Waals surface area (Å²) < 4.78 is 0. The van der Waals surface area contributed by atoms with Crippen LogP contribution in [0.5, 0.6) is 0 Å². The van der Waals surface area contributed by atoms with Gasteiger partial charge >= 0.3 is 0 Å². The van der Waals surface area contributed by atoms with Crippen LogP contribution >= 0.6 is 23.4 Å². The lowest BCUT2D eigenvalue weighted by Crippen LogP contribution is -2.41. The number of hydrogen-bond donors (Lipinski definition) is 1. The van der Waals surface area contributed by atoms with E-state index >= 15 is 0 Å². The van der Waals surface area contributed by atoms with Crippen molar-refractivity contribution in [1.82, 2.24) is 4.90 Å². The number of rotatable bonds is 1. The van der Waals surface area contributed by atoms with E-state index in [9.17, 15) is 0 Å². The van der Waals surface area contributed by atoms with Crippen LogP contribution in [0.25, 0.3) is 0 Å². The monoisotopic (exact) mass is 302 g/mol. The highest BCUT2D eigenvalue weighted by Crippen LogP contribution is 2.46. The predicted molar refractivity (Wildman–Crippen MR) is 86.0 cm³/mol. The number of nitrogens with one attached hydrogen (secondary N) is 1. The SMILES string of the molecule is Clc1ccccc1[C@H]1SC[C@H]2Nc3ccccc3CN12. The molecule has 1 fully saturated rings. The van der Waals surface area contributed by atoms with E-state index in [1.54, 1.807) is 0 Å². The molecular weight excluding hydrogens is 288 g/mol. The second kappa shape index (κ2) is 4.99. The summed E-state index contributed by atoms with van der Waals surface area (Å²) in [5.74, 6) is 1.09. The van der Waals surface area contributed by atoms with Crippen molar-refractivity contribution >= 4 is 29.1 Å². The summed E-state index contributed by atoms with van der Waals surface area (Å²) in [5, 5.41) is 4.85. The van der Waals surface area contributed by atoms with Gasteiger partial charge in [-0.15, -0.1) is 11.8 Å². The zero-order valence-electron chi connectivity index (χ0n) is 10.9. The van der Waals surface area contributed by atoms with Crippen molar-refractivity contribution < 1.29 is 0 Å². The molecule has 0 saturated carbocycles. The third kappa shape index (κ3) is 2.01. The molecule has 0 unspecified atom stereocenters. The maximum Gasteiger partial charge on any atom is 0.0901 e. The second-order valence-corrected chi connectivity index (χ2v) is 6.72. The molecule has 2 aromatic rings. The number of para-hydroxylation sites is 1. The van der Waals surface area contributed by atoms with Crippen LogP contribution < -0.4 is 5.32 Å². The topological polar surface area (TPSA) is 15.3 Å². The van der Waals surface area contributed by atoms with E-state index in [0.717, 1.165) is 17.3 Å². The number of halogens is 1. The van der Waals surface area contributed by atoms with Crippen LogP contribution in [0.3, 0.4) is 0 Å². The highest BCUT2D eigenvalue weighted by atomic mass is 35.5. The van der Waals surface area contributed by atoms with E-state index in [2.05, 4.69) is 46.6 Å². The molecule has 2 aliphatic heterocycles. The average Bonchev–Trinajstić information content (AvgIpc) is 2.88. The Morgan fingerprint density at radius 2 is 1.90 bits per heavy atom. The summed E-state index contributed by atoms with van der Waals surface area (Å²) >= 11 is 8.34. The van der Waals surface area contributed by atoms with Gasteiger partial charge in [-0.3, -0.25) is 4.90 Å². The lowest BCUT2D eigenvalue weighted by molar-refractivity contribution is 0.214. The van der Waals surface area contributed by atoms with Crippen LogP contribution in [-0.4, -0.2) is 16.8 Å². The standard InChI is InChI=1S/C16H15ClN2S/c17-13-7-3-2-6-12(13)16-19-9-11-5-1-4-8-14(11)18-15(19)10-20-16/h1-8,15-16,18H,9-10H2/t15-,16+/m0/s1. The second-order valence-electron chi connectivity index (χ2n) is 5.20. The number of fused-ring (bicyclic) bond motifs is 2. The van der Waals surface area contributed by atoms with Gasteiger partial charge in [0.05, 0.1) is 11.5 Å². The minimum absolute atomic E-state index is 0.342. The van der Waals surface area contributed by atoms with Gasteiger partial charge in [-0.25, -0.2) is 0 Å². The first-order valence-corrected chi connectivity index (χ1v) is 8.22. The fourth-order valence-corrected chi connectivity index (χ4v) is 4.72. The van der Waals surface area contributed by atoms with E-state index in [1.165, 1.54) is 16.8 Å². The van der Waals surface area contributed by atoms with Gasteiger partial charge in [-0.2, -0.15) is 0 Å². The molecule has 2 aliphatic rings. The Labute approximate surface area is 128 Å². The molecule has 2 nitrogen and oxygen atoms in total. The van der Waals surface area contributed by atoms with Crippen LogP contribution in [0, 0.1) is 0 Å². The van der Waals surface area contributed by atoms with Crippen molar-refractivity contribution in [2.24, 2.45) is 0 Å². The molecule has 4 heteroatoms. The molecule has 102 valence electrons. The Kier molecular flexibility index (Phi) is 3.14. The molecule has 2 aromatic carbocycles. The number of anilines is 1. The molecule has 1 saturated heterocycles. The summed E-state index contributed by atoms with van der Waals surface area (Å²) in [6.07, 6.45) is 0.399. The molecule has 0 aromatic heterocycles. The van der Waals surface area contributed by atoms with Crippen LogP contribution in [0.4, 0.5) is 5.69 Å². The summed E-state index contributed by atoms with van der Waals surface area (Å²) in [5.41, 5.74) is 3.86. The van der Waals surface area contributed by atoms with Crippen LogP contribution in [0.2, 0.25) is 5.02 Å². The summed E-state index contributed by atoms with van der Waals surface area (Å²) in [4.78, 5) is 2.51. The number of thioether (sulfide) groups is 1. The van der Waals surface area contributed by atoms with E-state index in [4.69, 9.17) is 11.6 Å². The van der Waals surface area contributed by atoms with Crippen molar-refractivity contribution in [2.75, 3.05) is 11.1 Å². The molecule has 20 heavy (non-hydrogen) atoms. The Bertz CT molecular complexity index is 646. The van der Waals surface area contributed by atoms with Gasteiger partial charge in [-0.05, 0) is 23.3 Å². The van der Waals surface area contributed by atoms with E-state index in [1.807, 2.05) is 23.9 Å². The third-order valence-corrected chi connectivity index (χ3v) is 5.67. The van der Waals surface area contributed by atoms with Crippen molar-refractivity contribution in [3.05, 3.63) is 64.7 Å². The van der Waals surface area contributed by atoms with Crippen LogP contribution in [0.1, 0.15) is 16.5 Å². The fraction of sp³-hybridized carbons (Fsp3) is 0.250. The normalized spacial score (nSPS) is 24.9. The fourth-order valence-electron chi connectivity index (χ4n) is 2.97. The smallest absolute Gasteiger partial charge is 0.0901 e. The summed E-state index contributed by atoms with van der Waals surface area (Å²) in [6, 6.07) is 16.8. The first-order chi connectivity index (χ1) is 9.83. The van der Waals surface area contributed by atoms with Crippen molar-refractivity contribution in [3.8, 4) is 0 Å². The maximum absolute atomic E-state index is 6.38. The highest BCUT2D eigenvalue weighted by Gasteiger charge is 2.38. The lowest BCUT2D eigenvalue weighted by Gasteiger charge is -2.35. The molecule has 0 amide bonds. The number of benzene rings is 2. The zero-order chi connectivity index (χ0) is 13.5. The third-order valence-electron chi connectivity index (χ3n) is 3.98. The first-order valence-electron chi connectivity index (χ1n) is 6.79. The Hall–Kier alpha value is -1.16. The first kappa shape index (κ1) is 12.6. The number of nitrogens with zero attached hydrogens (tertiary/aromatic N) is 1. The van der Waals surface area contributed by atoms with Gasteiger partial charge in [0.15, 0.2) is 0 Å². The molecule has 2 atom stereocenters. The van der Waals surface area contributed by atoms with Gasteiger partial charge in [-0.1, -0.05) is 48.0 Å². The average molecular weight is 303 g/mol.